The molecule has 0 aliphatic heterocycles. The van der Waals surface area contributed by atoms with Crippen LogP contribution in [-0.4, -0.2) is 0 Å². The summed E-state index contributed by atoms with van der Waals surface area (Å²) >= 11 is 0. The normalized spacial score (nSPS) is 12.9. The van der Waals surface area contributed by atoms with Crippen LogP contribution in [0.1, 0.15) is 22.3 Å². The molecule has 0 heteroatoms. The highest BCUT2D eigenvalue weighted by Crippen LogP contribution is 2.59. The molecule has 0 heterocycles. The Morgan fingerprint density at radius 2 is 0.783 bits per heavy atom. The lowest BCUT2D eigenvalue weighted by atomic mass is 9.82. The molecule has 0 N–H and O–H groups in total. The first-order valence-electron chi connectivity index (χ1n) is 16.3. The average molecular weight is 581 g/mol. The van der Waals surface area contributed by atoms with Crippen LogP contribution in [0.4, 0.5) is 0 Å². The summed E-state index contributed by atoms with van der Waals surface area (Å²) in [5.74, 6) is 0. The molecule has 2 aliphatic rings. The third-order valence-corrected chi connectivity index (χ3v) is 10.8. The van der Waals surface area contributed by atoms with E-state index in [0.29, 0.717) is 0 Å². The second kappa shape index (κ2) is 8.50. The highest BCUT2D eigenvalue weighted by Gasteiger charge is 2.32. The Balaban J connectivity index is 1.38. The fourth-order valence-corrected chi connectivity index (χ4v) is 8.99. The summed E-state index contributed by atoms with van der Waals surface area (Å²) in [5, 5.41) is 13.6. The van der Waals surface area contributed by atoms with Gasteiger partial charge in [-0.2, -0.15) is 0 Å². The lowest BCUT2D eigenvalue weighted by Crippen LogP contribution is -1.94. The first kappa shape index (κ1) is 24.6. The van der Waals surface area contributed by atoms with E-state index in [1.807, 2.05) is 0 Å². The molecule has 0 spiro atoms. The van der Waals surface area contributed by atoms with E-state index in [2.05, 4.69) is 147 Å². The zero-order valence-electron chi connectivity index (χ0n) is 25.7. The molecule has 0 radical (unpaired) electrons. The molecule has 212 valence electrons. The van der Waals surface area contributed by atoms with Crippen molar-refractivity contribution in [1.82, 2.24) is 0 Å². The summed E-state index contributed by atoms with van der Waals surface area (Å²) < 4.78 is 0. The second-order valence-corrected chi connectivity index (χ2v) is 13.3. The summed E-state index contributed by atoms with van der Waals surface area (Å²) in [4.78, 5) is 0. The van der Waals surface area contributed by atoms with Crippen molar-refractivity contribution in [3.63, 3.8) is 0 Å². The molecular weight excluding hydrogens is 553 g/mol. The molecule has 11 rings (SSSR count). The molecule has 46 heavy (non-hydrogen) atoms. The van der Waals surface area contributed by atoms with Gasteiger partial charge in [0.05, 0.1) is 0 Å². The Kier molecular flexibility index (Phi) is 4.54. The predicted molar refractivity (Wildman–Crippen MR) is 199 cm³/mol. The van der Waals surface area contributed by atoms with Crippen molar-refractivity contribution >= 4 is 66.0 Å². The Morgan fingerprint density at radius 1 is 0.326 bits per heavy atom. The van der Waals surface area contributed by atoms with Gasteiger partial charge >= 0.3 is 0 Å². The van der Waals surface area contributed by atoms with Crippen LogP contribution < -0.4 is 0 Å². The van der Waals surface area contributed by atoms with Crippen LogP contribution in [0.15, 0.2) is 121 Å². The molecule has 0 fully saturated rings. The minimum Gasteiger partial charge on any atom is -0.0616 e. The summed E-state index contributed by atoms with van der Waals surface area (Å²) in [6.07, 6.45) is 4.54. The van der Waals surface area contributed by atoms with Crippen molar-refractivity contribution in [3.8, 4) is 44.5 Å². The summed E-state index contributed by atoms with van der Waals surface area (Å²) in [6.45, 7) is 4.41. The minimum absolute atomic E-state index is 1.28. The van der Waals surface area contributed by atoms with Crippen molar-refractivity contribution in [3.05, 3.63) is 144 Å². The highest BCUT2D eigenvalue weighted by molar-refractivity contribution is 6.40. The number of fused-ring (bicyclic) bond motifs is 6. The molecule has 9 aromatic rings. The van der Waals surface area contributed by atoms with E-state index in [1.54, 1.807) is 0 Å². The predicted octanol–water partition coefficient (Wildman–Crippen LogP) is 13.0. The fourth-order valence-electron chi connectivity index (χ4n) is 8.99. The van der Waals surface area contributed by atoms with Gasteiger partial charge in [-0.3, -0.25) is 0 Å². The molecule has 0 aromatic heterocycles. The maximum Gasteiger partial charge on any atom is -0.000740 e. The van der Waals surface area contributed by atoms with Gasteiger partial charge in [0.15, 0.2) is 0 Å². The summed E-state index contributed by atoms with van der Waals surface area (Å²) in [5.41, 5.74) is 15.9. The molecule has 0 saturated carbocycles. The van der Waals surface area contributed by atoms with E-state index >= 15 is 0 Å². The first-order valence-corrected chi connectivity index (χ1v) is 16.3. The van der Waals surface area contributed by atoms with E-state index in [9.17, 15) is 0 Å². The van der Waals surface area contributed by atoms with Gasteiger partial charge in [-0.15, -0.1) is 0 Å². The molecule has 0 unspecified atom stereocenters. The molecule has 0 saturated heterocycles. The van der Waals surface area contributed by atoms with E-state index in [-0.39, 0.29) is 0 Å². The quantitative estimate of drug-likeness (QED) is 0.141. The zero-order valence-corrected chi connectivity index (χ0v) is 25.7. The number of aryl methyl sites for hydroxylation is 2. The van der Waals surface area contributed by atoms with Crippen LogP contribution >= 0.6 is 0 Å². The Hall–Kier alpha value is -5.72. The van der Waals surface area contributed by atoms with Gasteiger partial charge in [0, 0.05) is 0 Å². The first-order chi connectivity index (χ1) is 22.7. The zero-order chi connectivity index (χ0) is 30.3. The maximum absolute atomic E-state index is 2.43. The van der Waals surface area contributed by atoms with E-state index in [1.165, 1.54) is 121 Å². The van der Waals surface area contributed by atoms with Crippen molar-refractivity contribution in [1.29, 1.82) is 0 Å². The van der Waals surface area contributed by atoms with Crippen molar-refractivity contribution in [2.45, 2.75) is 13.8 Å². The molecule has 9 aromatic carbocycles. The van der Waals surface area contributed by atoms with E-state index in [0.717, 1.165) is 0 Å². The summed E-state index contributed by atoms with van der Waals surface area (Å²) in [6, 6.07) is 46.2. The van der Waals surface area contributed by atoms with Crippen molar-refractivity contribution in [2.75, 3.05) is 0 Å². The van der Waals surface area contributed by atoms with Gasteiger partial charge in [-0.25, -0.2) is 0 Å². The standard InChI is InChI=1S/C46H28/c1-25-7-5-9-29(23-25)40-31-11-3-4-12-32(31)41(30-10-6-8-26(2)24-30)46-38-22-20-36-34-18-16-28-14-13-27-15-17-33(42(34)39(27)28)35-19-21-37(45(40)46)44(38)43(35)36/h3-24H,1-2H3. The largest absolute Gasteiger partial charge is 0.0616 e. The minimum atomic E-state index is 1.28. The second-order valence-electron chi connectivity index (χ2n) is 13.3. The Bertz CT molecular complexity index is 2670. The van der Waals surface area contributed by atoms with Crippen LogP contribution in [0.5, 0.6) is 0 Å². The van der Waals surface area contributed by atoms with Gasteiger partial charge in [0.2, 0.25) is 0 Å². The molecular formula is C46H28. The SMILES string of the molecule is Cc1cccc(-c2c3c(c(-c4cccc(C)c4)c4ccccc24)-c2ccc4c5ccc6c7c(ccc(c8ccc-3c2c84)c75)C=C6)c1. The van der Waals surface area contributed by atoms with E-state index < -0.39 is 0 Å². The monoisotopic (exact) mass is 580 g/mol. The lowest BCUT2D eigenvalue weighted by Gasteiger charge is -2.21. The number of benzene rings is 9. The summed E-state index contributed by atoms with van der Waals surface area (Å²) in [7, 11) is 0. The van der Waals surface area contributed by atoms with Crippen LogP contribution in [0.3, 0.4) is 0 Å². The van der Waals surface area contributed by atoms with E-state index in [4.69, 9.17) is 0 Å². The molecule has 0 bridgehead atoms. The highest BCUT2D eigenvalue weighted by atomic mass is 14.3. The molecule has 0 amide bonds. The maximum atomic E-state index is 2.43. The number of hydrogen-bond donors (Lipinski definition) is 0. The van der Waals surface area contributed by atoms with Crippen molar-refractivity contribution in [2.24, 2.45) is 0 Å². The van der Waals surface area contributed by atoms with Crippen LogP contribution in [-0.2, 0) is 0 Å². The Morgan fingerprint density at radius 3 is 1.26 bits per heavy atom. The Labute approximate surface area is 267 Å². The van der Waals surface area contributed by atoms with Gasteiger partial charge in [-0.05, 0) is 123 Å². The van der Waals surface area contributed by atoms with Crippen LogP contribution in [0.25, 0.3) is 111 Å². The topological polar surface area (TPSA) is 0 Å². The van der Waals surface area contributed by atoms with Gasteiger partial charge < -0.3 is 0 Å². The van der Waals surface area contributed by atoms with Crippen molar-refractivity contribution < 1.29 is 0 Å². The average Bonchev–Trinajstić information content (AvgIpc) is 3.66. The molecule has 0 atom stereocenters. The smallest absolute Gasteiger partial charge is 0.000740 e. The third kappa shape index (κ3) is 2.95. The molecule has 0 nitrogen and oxygen atoms in total. The van der Waals surface area contributed by atoms with Gasteiger partial charge in [-0.1, -0.05) is 145 Å². The van der Waals surface area contributed by atoms with Crippen LogP contribution in [0.2, 0.25) is 0 Å². The number of hydrogen-bond acceptors (Lipinski definition) is 0. The third-order valence-electron chi connectivity index (χ3n) is 10.8. The van der Waals surface area contributed by atoms with Crippen LogP contribution in [0, 0.1) is 13.8 Å². The lowest BCUT2D eigenvalue weighted by molar-refractivity contribution is 1.47. The van der Waals surface area contributed by atoms with Gasteiger partial charge in [0.1, 0.15) is 0 Å². The van der Waals surface area contributed by atoms with Gasteiger partial charge in [0.25, 0.3) is 0 Å². The molecule has 2 aliphatic carbocycles. The number of rotatable bonds is 2. The fraction of sp³-hybridized carbons (Fsp3) is 0.0435.